The highest BCUT2D eigenvalue weighted by Gasteiger charge is 2.03. The number of hydrogen-bond acceptors (Lipinski definition) is 1. The molecule has 0 radical (unpaired) electrons. The fourth-order valence-corrected chi connectivity index (χ4v) is 1.56. The zero-order valence-electron chi connectivity index (χ0n) is 10.4. The number of nitrogens with zero attached hydrogens (tertiary/aromatic N) is 1. The first-order valence-corrected chi connectivity index (χ1v) is 5.46. The summed E-state index contributed by atoms with van der Waals surface area (Å²) in [6, 6.07) is 6.29. The van der Waals surface area contributed by atoms with Crippen LogP contribution in [0, 0.1) is 0 Å². The minimum Gasteiger partial charge on any atom is -0.261 e. The molecule has 0 saturated heterocycles. The number of rotatable bonds is 4. The van der Waals surface area contributed by atoms with E-state index in [4.69, 9.17) is 0 Å². The van der Waals surface area contributed by atoms with Crippen LogP contribution in [0.5, 0.6) is 0 Å². The topological polar surface area (TPSA) is 12.4 Å². The molecule has 0 aliphatic carbocycles. The Morgan fingerprint density at radius 2 is 2.00 bits per heavy atom. The van der Waals surface area contributed by atoms with E-state index >= 15 is 0 Å². The Balaban J connectivity index is 3.18. The minimum atomic E-state index is 0.878. The molecule has 0 saturated carbocycles. The maximum absolute atomic E-state index is 4.40. The van der Waals surface area contributed by atoms with Crippen LogP contribution in [0.15, 0.2) is 41.9 Å². The second kappa shape index (κ2) is 5.45. The number of allylic oxidation sites excluding steroid dienone is 2. The van der Waals surface area contributed by atoms with Crippen LogP contribution in [0.25, 0.3) is 5.57 Å². The summed E-state index contributed by atoms with van der Waals surface area (Å²) in [5, 5.41) is 0. The van der Waals surface area contributed by atoms with Gasteiger partial charge in [-0.3, -0.25) is 4.99 Å². The van der Waals surface area contributed by atoms with Gasteiger partial charge >= 0.3 is 0 Å². The molecule has 16 heavy (non-hydrogen) atoms. The Morgan fingerprint density at radius 1 is 1.31 bits per heavy atom. The fourth-order valence-electron chi connectivity index (χ4n) is 1.56. The molecule has 0 N–H and O–H groups in total. The van der Waals surface area contributed by atoms with Crippen molar-refractivity contribution in [3.05, 3.63) is 48.1 Å². The Labute approximate surface area is 98.2 Å². The molecule has 0 bridgehead atoms. The van der Waals surface area contributed by atoms with Crippen LogP contribution in [-0.2, 0) is 6.42 Å². The monoisotopic (exact) mass is 213 g/mol. The summed E-state index contributed by atoms with van der Waals surface area (Å²) in [5.41, 5.74) is 5.60. The minimum absolute atomic E-state index is 0.878. The highest BCUT2D eigenvalue weighted by Crippen LogP contribution is 2.25. The lowest BCUT2D eigenvalue weighted by Crippen LogP contribution is -1.89. The molecule has 1 heteroatoms. The molecule has 0 amide bonds. The molecular weight excluding hydrogens is 194 g/mol. The van der Waals surface area contributed by atoms with Crippen LogP contribution in [0.4, 0.5) is 5.69 Å². The van der Waals surface area contributed by atoms with E-state index in [-0.39, 0.29) is 0 Å². The Hall–Kier alpha value is -1.63. The standard InChI is InChI=1S/C15H19N/c1-6-16-15-10-13(12(4)5)7-8-14(15)9-11(2)3/h6-8,10H,2,4,9H2,1,3,5H3. The van der Waals surface area contributed by atoms with Crippen LogP contribution in [-0.4, -0.2) is 6.21 Å². The molecule has 0 spiro atoms. The van der Waals surface area contributed by atoms with E-state index < -0.39 is 0 Å². The molecule has 0 aliphatic rings. The summed E-state index contributed by atoms with van der Waals surface area (Å²) in [4.78, 5) is 4.40. The summed E-state index contributed by atoms with van der Waals surface area (Å²) in [7, 11) is 0. The number of benzene rings is 1. The normalized spacial score (nSPS) is 10.7. The van der Waals surface area contributed by atoms with Crippen molar-refractivity contribution in [1.29, 1.82) is 0 Å². The molecule has 1 nitrogen and oxygen atoms in total. The van der Waals surface area contributed by atoms with Gasteiger partial charge in [0.2, 0.25) is 0 Å². The Bertz CT molecular complexity index is 439. The second-order valence-electron chi connectivity index (χ2n) is 4.15. The second-order valence-corrected chi connectivity index (χ2v) is 4.15. The van der Waals surface area contributed by atoms with Crippen molar-refractivity contribution < 1.29 is 0 Å². The van der Waals surface area contributed by atoms with Gasteiger partial charge in [-0.1, -0.05) is 36.4 Å². The van der Waals surface area contributed by atoms with Crippen molar-refractivity contribution in [3.8, 4) is 0 Å². The average Bonchev–Trinajstić information content (AvgIpc) is 2.20. The first kappa shape index (κ1) is 12.4. The number of hydrogen-bond donors (Lipinski definition) is 0. The SMILES string of the molecule is C=C(C)Cc1ccc(C(=C)C)cc1N=CC. The van der Waals surface area contributed by atoms with Crippen molar-refractivity contribution in [1.82, 2.24) is 0 Å². The van der Waals surface area contributed by atoms with Gasteiger partial charge < -0.3 is 0 Å². The van der Waals surface area contributed by atoms with Gasteiger partial charge in [0.1, 0.15) is 0 Å². The summed E-state index contributed by atoms with van der Waals surface area (Å²) < 4.78 is 0. The molecule has 1 aromatic carbocycles. The zero-order chi connectivity index (χ0) is 12.1. The van der Waals surface area contributed by atoms with Gasteiger partial charge in [0.25, 0.3) is 0 Å². The molecule has 0 aliphatic heterocycles. The van der Waals surface area contributed by atoms with Crippen molar-refractivity contribution in [2.75, 3.05) is 0 Å². The summed E-state index contributed by atoms with van der Waals surface area (Å²) in [6.07, 6.45) is 2.70. The Kier molecular flexibility index (Phi) is 4.24. The lowest BCUT2D eigenvalue weighted by Gasteiger charge is -2.08. The first-order valence-electron chi connectivity index (χ1n) is 5.46. The average molecular weight is 213 g/mol. The van der Waals surface area contributed by atoms with Gasteiger partial charge in [0.15, 0.2) is 0 Å². The first-order chi connectivity index (χ1) is 7.54. The molecule has 0 fully saturated rings. The van der Waals surface area contributed by atoms with E-state index in [1.165, 1.54) is 5.56 Å². The Morgan fingerprint density at radius 3 is 2.50 bits per heavy atom. The molecule has 0 aromatic heterocycles. The molecule has 0 heterocycles. The van der Waals surface area contributed by atoms with Crippen molar-refractivity contribution in [3.63, 3.8) is 0 Å². The van der Waals surface area contributed by atoms with E-state index in [1.807, 2.05) is 27.0 Å². The fraction of sp³-hybridized carbons (Fsp3) is 0.267. The highest BCUT2D eigenvalue weighted by atomic mass is 14.7. The van der Waals surface area contributed by atoms with Gasteiger partial charge in [-0.2, -0.15) is 0 Å². The third kappa shape index (κ3) is 3.20. The van der Waals surface area contributed by atoms with Crippen molar-refractivity contribution >= 4 is 17.5 Å². The van der Waals surface area contributed by atoms with E-state index in [1.54, 1.807) is 0 Å². The van der Waals surface area contributed by atoms with Crippen LogP contribution in [0.3, 0.4) is 0 Å². The van der Waals surface area contributed by atoms with Crippen LogP contribution >= 0.6 is 0 Å². The smallest absolute Gasteiger partial charge is 0.0666 e. The number of aliphatic imine (C=N–C) groups is 1. The molecule has 84 valence electrons. The lowest BCUT2D eigenvalue weighted by molar-refractivity contribution is 1.15. The van der Waals surface area contributed by atoms with Gasteiger partial charge in [0.05, 0.1) is 5.69 Å². The van der Waals surface area contributed by atoms with E-state index in [0.29, 0.717) is 0 Å². The maximum atomic E-state index is 4.40. The van der Waals surface area contributed by atoms with Crippen LogP contribution in [0.2, 0.25) is 0 Å². The van der Waals surface area contributed by atoms with E-state index in [0.717, 1.165) is 28.8 Å². The van der Waals surface area contributed by atoms with Gasteiger partial charge in [-0.15, -0.1) is 0 Å². The molecular formula is C15H19N. The zero-order valence-corrected chi connectivity index (χ0v) is 10.4. The van der Waals surface area contributed by atoms with Crippen molar-refractivity contribution in [2.24, 2.45) is 4.99 Å². The van der Waals surface area contributed by atoms with Gasteiger partial charge in [-0.05, 0) is 44.4 Å². The molecule has 1 aromatic rings. The predicted molar refractivity (Wildman–Crippen MR) is 73.5 cm³/mol. The molecule has 0 atom stereocenters. The lowest BCUT2D eigenvalue weighted by atomic mass is 10.0. The summed E-state index contributed by atoms with van der Waals surface area (Å²) in [5.74, 6) is 0. The highest BCUT2D eigenvalue weighted by molar-refractivity contribution is 5.69. The maximum Gasteiger partial charge on any atom is 0.0666 e. The third-order valence-electron chi connectivity index (χ3n) is 2.34. The van der Waals surface area contributed by atoms with Gasteiger partial charge in [0, 0.05) is 6.21 Å². The van der Waals surface area contributed by atoms with Crippen molar-refractivity contribution in [2.45, 2.75) is 27.2 Å². The van der Waals surface area contributed by atoms with E-state index in [9.17, 15) is 0 Å². The third-order valence-corrected chi connectivity index (χ3v) is 2.34. The molecule has 0 unspecified atom stereocenters. The van der Waals surface area contributed by atoms with E-state index in [2.05, 4.69) is 36.3 Å². The van der Waals surface area contributed by atoms with Crippen LogP contribution < -0.4 is 0 Å². The quantitative estimate of drug-likeness (QED) is 0.513. The predicted octanol–water partition coefficient (Wildman–Crippen LogP) is 4.56. The largest absolute Gasteiger partial charge is 0.261 e. The molecule has 1 rings (SSSR count). The summed E-state index contributed by atoms with van der Waals surface area (Å²) in [6.45, 7) is 13.9. The van der Waals surface area contributed by atoms with Gasteiger partial charge in [-0.25, -0.2) is 0 Å². The van der Waals surface area contributed by atoms with Crippen LogP contribution in [0.1, 0.15) is 31.9 Å². The summed E-state index contributed by atoms with van der Waals surface area (Å²) >= 11 is 0.